The van der Waals surface area contributed by atoms with Crippen molar-refractivity contribution in [1.82, 2.24) is 19.5 Å². The van der Waals surface area contributed by atoms with Gasteiger partial charge in [0.25, 0.3) is 5.56 Å². The number of carbonyl (C=O) groups is 3. The van der Waals surface area contributed by atoms with Crippen molar-refractivity contribution in [3.05, 3.63) is 16.7 Å². The van der Waals surface area contributed by atoms with Crippen molar-refractivity contribution < 1.29 is 19.1 Å². The minimum atomic E-state index is -0.632. The van der Waals surface area contributed by atoms with E-state index in [2.05, 4.69) is 20.3 Å². The molecule has 2 aromatic rings. The molecule has 10 heteroatoms. The van der Waals surface area contributed by atoms with Gasteiger partial charge in [-0.25, -0.2) is 4.98 Å². The number of amides is 1. The predicted octanol–water partition coefficient (Wildman–Crippen LogP) is 2.43. The minimum absolute atomic E-state index is 0.00544. The summed E-state index contributed by atoms with van der Waals surface area (Å²) in [5.41, 5.74) is -1.32. The Balaban J connectivity index is 2.26. The molecule has 0 aliphatic carbocycles. The normalized spacial score (nSPS) is 12.4. The summed E-state index contributed by atoms with van der Waals surface area (Å²) in [6.07, 6.45) is 0.929. The van der Waals surface area contributed by atoms with Crippen molar-refractivity contribution in [2.75, 3.05) is 5.32 Å². The summed E-state index contributed by atoms with van der Waals surface area (Å²) in [7, 11) is 0. The highest BCUT2D eigenvalue weighted by Crippen LogP contribution is 2.24. The van der Waals surface area contributed by atoms with Crippen molar-refractivity contribution in [2.24, 2.45) is 10.8 Å². The second-order valence-electron chi connectivity index (χ2n) is 9.65. The number of ketones is 2. The van der Waals surface area contributed by atoms with E-state index in [-0.39, 0.29) is 54.2 Å². The molecule has 170 valence electrons. The monoisotopic (exact) mass is 433 g/mol. The summed E-state index contributed by atoms with van der Waals surface area (Å²) in [4.78, 5) is 59.3. The third-order valence-corrected chi connectivity index (χ3v) is 4.72. The first kappa shape index (κ1) is 24.4. The number of H-pyrrole nitrogens is 1. The second-order valence-corrected chi connectivity index (χ2v) is 9.65. The van der Waals surface area contributed by atoms with Crippen LogP contribution < -0.4 is 10.9 Å². The van der Waals surface area contributed by atoms with Crippen LogP contribution in [0.2, 0.25) is 0 Å². The first-order valence-electron chi connectivity index (χ1n) is 10.1. The summed E-state index contributed by atoms with van der Waals surface area (Å²) in [6.45, 7) is 12.2. The van der Waals surface area contributed by atoms with Gasteiger partial charge in [-0.15, -0.1) is 0 Å². The highest BCUT2D eigenvalue weighted by molar-refractivity contribution is 5.88. The highest BCUT2D eigenvalue weighted by atomic mass is 16.5. The maximum absolute atomic E-state index is 12.6. The van der Waals surface area contributed by atoms with Crippen molar-refractivity contribution in [2.45, 2.75) is 74.1 Å². The fraction of sp³-hybridized carbons (Fsp3) is 0.619. The summed E-state index contributed by atoms with van der Waals surface area (Å²) in [5.74, 6) is -0.421. The molecule has 1 amide bonds. The van der Waals surface area contributed by atoms with E-state index in [0.717, 1.165) is 0 Å². The topological polar surface area (TPSA) is 136 Å². The Kier molecular flexibility index (Phi) is 7.15. The second kappa shape index (κ2) is 9.09. The zero-order valence-electron chi connectivity index (χ0n) is 19.2. The van der Waals surface area contributed by atoms with E-state index < -0.39 is 22.5 Å². The standard InChI is InChI=1S/C21H31N5O5/c1-12(27)23-19-24-17-16(18(30)25-19)22-10-26(17)11-31-13(8-14(28)20(2,3)4)9-15(29)21(5,6)7/h10,13H,8-9,11H2,1-7H3,(H2,23,24,25,27,30). The molecule has 0 radical (unpaired) electrons. The number of rotatable bonds is 8. The Morgan fingerprint density at radius 1 is 1.10 bits per heavy atom. The Bertz CT molecular complexity index is 1010. The first-order valence-corrected chi connectivity index (χ1v) is 10.1. The predicted molar refractivity (Wildman–Crippen MR) is 115 cm³/mol. The van der Waals surface area contributed by atoms with Gasteiger partial charge < -0.3 is 4.74 Å². The number of nitrogens with zero attached hydrogens (tertiary/aromatic N) is 3. The van der Waals surface area contributed by atoms with Gasteiger partial charge in [-0.2, -0.15) is 4.98 Å². The van der Waals surface area contributed by atoms with E-state index in [4.69, 9.17) is 4.74 Å². The lowest BCUT2D eigenvalue weighted by atomic mass is 9.83. The van der Waals surface area contributed by atoms with Crippen LogP contribution in [0.15, 0.2) is 11.1 Å². The molecule has 0 saturated heterocycles. The zero-order chi connectivity index (χ0) is 23.6. The number of nitrogens with one attached hydrogen (secondary N) is 2. The molecule has 2 rings (SSSR count). The Labute approximate surface area is 180 Å². The van der Waals surface area contributed by atoms with Crippen LogP contribution in [0.5, 0.6) is 0 Å². The molecule has 10 nitrogen and oxygen atoms in total. The SMILES string of the molecule is CC(=O)Nc1nc2c(ncn2COC(CC(=O)C(C)(C)C)CC(=O)C(C)(C)C)c(=O)[nH]1. The number of carbonyl (C=O) groups excluding carboxylic acids is 3. The van der Waals surface area contributed by atoms with Crippen LogP contribution in [0.25, 0.3) is 11.2 Å². The van der Waals surface area contributed by atoms with Gasteiger partial charge >= 0.3 is 0 Å². The molecule has 2 aromatic heterocycles. The number of hydrogen-bond donors (Lipinski definition) is 2. The van der Waals surface area contributed by atoms with E-state index in [0.29, 0.717) is 0 Å². The van der Waals surface area contributed by atoms with Crippen molar-refractivity contribution in [1.29, 1.82) is 0 Å². The number of ether oxygens (including phenoxy) is 1. The van der Waals surface area contributed by atoms with Crippen LogP contribution in [0.3, 0.4) is 0 Å². The van der Waals surface area contributed by atoms with Gasteiger partial charge in [-0.3, -0.25) is 34.0 Å². The van der Waals surface area contributed by atoms with Crippen molar-refractivity contribution in [3.8, 4) is 0 Å². The number of imidazole rings is 1. The lowest BCUT2D eigenvalue weighted by Gasteiger charge is -2.25. The van der Waals surface area contributed by atoms with Crippen LogP contribution in [-0.4, -0.2) is 43.1 Å². The van der Waals surface area contributed by atoms with Gasteiger partial charge in [0.2, 0.25) is 11.9 Å². The molecule has 0 bridgehead atoms. The van der Waals surface area contributed by atoms with Crippen LogP contribution in [-0.2, 0) is 25.9 Å². The molecule has 0 aliphatic heterocycles. The summed E-state index contributed by atoms with van der Waals surface area (Å²) in [6, 6.07) is 0. The van der Waals surface area contributed by atoms with Crippen LogP contribution in [0.1, 0.15) is 61.3 Å². The molecule has 0 spiro atoms. The van der Waals surface area contributed by atoms with E-state index in [1.807, 2.05) is 41.5 Å². The molecule has 31 heavy (non-hydrogen) atoms. The van der Waals surface area contributed by atoms with Gasteiger partial charge in [0.05, 0.1) is 12.4 Å². The van der Waals surface area contributed by atoms with Gasteiger partial charge in [0.1, 0.15) is 18.3 Å². The summed E-state index contributed by atoms with van der Waals surface area (Å²) >= 11 is 0. The molecule has 2 heterocycles. The van der Waals surface area contributed by atoms with Crippen LogP contribution >= 0.6 is 0 Å². The fourth-order valence-electron chi connectivity index (χ4n) is 2.68. The first-order chi connectivity index (χ1) is 14.2. The highest BCUT2D eigenvalue weighted by Gasteiger charge is 2.30. The molecule has 2 N–H and O–H groups in total. The number of aromatic amines is 1. The van der Waals surface area contributed by atoms with Crippen LogP contribution in [0.4, 0.5) is 5.95 Å². The maximum atomic E-state index is 12.6. The van der Waals surface area contributed by atoms with Crippen LogP contribution in [0, 0.1) is 10.8 Å². The molecular weight excluding hydrogens is 402 g/mol. The number of aromatic nitrogens is 4. The number of Topliss-reactive ketones (excluding diaryl/α,β-unsaturated/α-hetero) is 2. The molecular formula is C21H31N5O5. The van der Waals surface area contributed by atoms with Crippen molar-refractivity contribution in [3.63, 3.8) is 0 Å². The lowest BCUT2D eigenvalue weighted by molar-refractivity contribution is -0.134. The third-order valence-electron chi connectivity index (χ3n) is 4.72. The summed E-state index contributed by atoms with van der Waals surface area (Å²) in [5, 5.41) is 2.43. The van der Waals surface area contributed by atoms with E-state index in [9.17, 15) is 19.2 Å². The van der Waals surface area contributed by atoms with E-state index in [1.54, 1.807) is 0 Å². The zero-order valence-corrected chi connectivity index (χ0v) is 19.2. The van der Waals surface area contributed by atoms with Gasteiger partial charge in [0, 0.05) is 30.6 Å². The molecule has 0 atom stereocenters. The minimum Gasteiger partial charge on any atom is -0.357 e. The quantitative estimate of drug-likeness (QED) is 0.652. The average molecular weight is 434 g/mol. The average Bonchev–Trinajstić information content (AvgIpc) is 3.00. The summed E-state index contributed by atoms with van der Waals surface area (Å²) < 4.78 is 7.42. The number of anilines is 1. The molecule has 0 saturated carbocycles. The smallest absolute Gasteiger partial charge is 0.280 e. The van der Waals surface area contributed by atoms with E-state index >= 15 is 0 Å². The molecule has 0 aliphatic rings. The van der Waals surface area contributed by atoms with Gasteiger partial charge in [0.15, 0.2) is 11.2 Å². The third kappa shape index (κ3) is 6.55. The molecule has 0 aromatic carbocycles. The number of fused-ring (bicyclic) bond motifs is 1. The fourth-order valence-corrected chi connectivity index (χ4v) is 2.68. The Morgan fingerprint density at radius 3 is 2.13 bits per heavy atom. The van der Waals surface area contributed by atoms with Gasteiger partial charge in [-0.05, 0) is 0 Å². The number of hydrogen-bond acceptors (Lipinski definition) is 7. The molecule has 0 unspecified atom stereocenters. The van der Waals surface area contributed by atoms with Crippen molar-refractivity contribution >= 4 is 34.6 Å². The Morgan fingerprint density at radius 2 is 1.65 bits per heavy atom. The Hall–Kier alpha value is -2.88. The largest absolute Gasteiger partial charge is 0.357 e. The lowest BCUT2D eigenvalue weighted by Crippen LogP contribution is -2.32. The van der Waals surface area contributed by atoms with E-state index in [1.165, 1.54) is 17.8 Å². The molecule has 0 fully saturated rings. The van der Waals surface area contributed by atoms with Gasteiger partial charge in [-0.1, -0.05) is 41.5 Å². The maximum Gasteiger partial charge on any atom is 0.280 e.